The minimum atomic E-state index is -0.809. The molecule has 6 fully saturated rings. The summed E-state index contributed by atoms with van der Waals surface area (Å²) < 4.78 is 51.5. The Bertz CT molecular complexity index is 3080. The van der Waals surface area contributed by atoms with Crippen LogP contribution < -0.4 is 19.3 Å². The van der Waals surface area contributed by atoms with Gasteiger partial charge in [-0.2, -0.15) is 5.26 Å². The number of benzene rings is 6. The van der Waals surface area contributed by atoms with Crippen molar-refractivity contribution in [3.63, 3.8) is 0 Å². The second-order valence-electron chi connectivity index (χ2n) is 19.6. The fourth-order valence-electron chi connectivity index (χ4n) is 12.6. The number of nitrogens with zero attached hydrogens (tertiary/aromatic N) is 4. The zero-order valence-electron chi connectivity index (χ0n) is 38.3. The molecular formula is C56H46F2N4O8. The number of carbonyl (C=O) groups excluding carboxylic acids is 4. The lowest BCUT2D eigenvalue weighted by Crippen LogP contribution is -2.43. The molecule has 0 radical (unpaired) electrons. The summed E-state index contributed by atoms with van der Waals surface area (Å²) in [7, 11) is 0. The summed E-state index contributed by atoms with van der Waals surface area (Å²) in [5.74, 6) is -3.36. The molecule has 6 aromatic carbocycles. The molecule has 12 nitrogen and oxygen atoms in total. The average molecular weight is 941 g/mol. The van der Waals surface area contributed by atoms with E-state index in [0.29, 0.717) is 94.2 Å². The Morgan fingerprint density at radius 1 is 0.600 bits per heavy atom. The predicted molar refractivity (Wildman–Crippen MR) is 254 cm³/mol. The zero-order chi connectivity index (χ0) is 48.7. The van der Waals surface area contributed by atoms with Crippen molar-refractivity contribution in [3.05, 3.63) is 150 Å². The van der Waals surface area contributed by atoms with Gasteiger partial charge in [0.2, 0.25) is 23.6 Å². The van der Waals surface area contributed by atoms with Crippen molar-refractivity contribution in [1.29, 1.82) is 5.26 Å². The summed E-state index contributed by atoms with van der Waals surface area (Å²) >= 11 is 0. The van der Waals surface area contributed by atoms with E-state index in [9.17, 15) is 33.2 Å². The highest BCUT2D eigenvalue weighted by atomic mass is 19.1. The standard InChI is InChI=1S/2C28H23FN2O4/c1-27-12-13-28(35-27,14-15-34-18-7-5-6-17(29)16-18)24-23(27)25(32)31(26(24)33)22-11-10-21(30-2)19-8-3-4-9-20(19)22;1-27-11-12-28(35-27,13-14-34-19-6-4-5-18(29)15-19)24-23(27)25(32)31(26(24)33)22-10-9-17(16-30)20-7-2-3-8-21(20)22/h3-11,16,23-24H,12-15H2,1H3;2-10,15,23-24H,11-14H2,1H3/t2*23-,24+,27?,28?/m10/s1. The third-order valence-corrected chi connectivity index (χ3v) is 15.7. The van der Waals surface area contributed by atoms with Gasteiger partial charge in [0.15, 0.2) is 5.69 Å². The van der Waals surface area contributed by atoms with Crippen LogP contribution in [-0.2, 0) is 28.7 Å². The van der Waals surface area contributed by atoms with E-state index in [1.165, 1.54) is 34.1 Å². The molecule has 0 aromatic heterocycles. The van der Waals surface area contributed by atoms with Gasteiger partial charge in [0.05, 0.1) is 88.9 Å². The van der Waals surface area contributed by atoms with E-state index >= 15 is 0 Å². The van der Waals surface area contributed by atoms with E-state index in [0.717, 1.165) is 0 Å². The van der Waals surface area contributed by atoms with Gasteiger partial charge in [-0.3, -0.25) is 19.2 Å². The van der Waals surface area contributed by atoms with Crippen LogP contribution in [0.5, 0.6) is 11.5 Å². The van der Waals surface area contributed by atoms with Crippen molar-refractivity contribution in [2.45, 2.75) is 74.8 Å². The summed E-state index contributed by atoms with van der Waals surface area (Å²) in [5.41, 5.74) is -1.10. The first-order valence-electron chi connectivity index (χ1n) is 23.5. The Morgan fingerprint density at radius 3 is 1.51 bits per heavy atom. The van der Waals surface area contributed by atoms with Crippen LogP contribution in [-0.4, -0.2) is 59.2 Å². The summed E-state index contributed by atoms with van der Waals surface area (Å²) in [6, 6.07) is 35.4. The Kier molecular flexibility index (Phi) is 10.6. The maximum Gasteiger partial charge on any atom is 0.240 e. The van der Waals surface area contributed by atoms with Gasteiger partial charge in [-0.1, -0.05) is 66.7 Å². The highest BCUT2D eigenvalue weighted by molar-refractivity contribution is 6.27. The Hall–Kier alpha value is -7.52. The average Bonchev–Trinajstić information content (AvgIpc) is 4.15. The van der Waals surface area contributed by atoms with Gasteiger partial charge in [0.25, 0.3) is 0 Å². The summed E-state index contributed by atoms with van der Waals surface area (Å²) in [6.07, 6.45) is 3.50. The predicted octanol–water partition coefficient (Wildman–Crippen LogP) is 10.2. The molecule has 4 amide bonds. The summed E-state index contributed by atoms with van der Waals surface area (Å²) in [4.78, 5) is 61.5. The normalized spacial score (nSPS) is 29.0. The topological polar surface area (TPSA) is 140 Å². The van der Waals surface area contributed by atoms with Gasteiger partial charge in [0.1, 0.15) is 23.1 Å². The van der Waals surface area contributed by atoms with Crippen LogP contribution in [0.25, 0.3) is 26.4 Å². The van der Waals surface area contributed by atoms with Crippen LogP contribution in [0.15, 0.2) is 121 Å². The number of ether oxygens (including phenoxy) is 4. The molecule has 12 rings (SSSR count). The lowest BCUT2D eigenvalue weighted by molar-refractivity contribution is -0.133. The van der Waals surface area contributed by atoms with E-state index in [-0.39, 0.29) is 48.5 Å². The number of halogens is 2. The maximum absolute atomic E-state index is 13.9. The number of imide groups is 2. The van der Waals surface area contributed by atoms with Crippen molar-refractivity contribution >= 4 is 62.2 Å². The van der Waals surface area contributed by atoms with Crippen molar-refractivity contribution in [1.82, 2.24) is 0 Å². The van der Waals surface area contributed by atoms with E-state index in [2.05, 4.69) is 10.9 Å². The molecule has 6 aromatic rings. The molecule has 70 heavy (non-hydrogen) atoms. The van der Waals surface area contributed by atoms with E-state index < -0.39 is 46.1 Å². The van der Waals surface area contributed by atoms with Crippen LogP contribution in [0.1, 0.15) is 57.9 Å². The van der Waals surface area contributed by atoms with E-state index in [4.69, 9.17) is 25.5 Å². The lowest BCUT2D eigenvalue weighted by Gasteiger charge is -2.31. The number of hydrogen-bond donors (Lipinski definition) is 0. The molecule has 8 atom stereocenters. The van der Waals surface area contributed by atoms with E-state index in [1.807, 2.05) is 62.4 Å². The van der Waals surface area contributed by atoms with Gasteiger partial charge < -0.3 is 18.9 Å². The molecule has 0 N–H and O–H groups in total. The number of anilines is 2. The molecule has 0 spiro atoms. The zero-order valence-corrected chi connectivity index (χ0v) is 38.3. The number of amides is 4. The summed E-state index contributed by atoms with van der Waals surface area (Å²) in [5, 5.41) is 12.3. The van der Waals surface area contributed by atoms with Crippen molar-refractivity contribution in [3.8, 4) is 17.6 Å². The van der Waals surface area contributed by atoms with Crippen LogP contribution in [0.3, 0.4) is 0 Å². The monoisotopic (exact) mass is 940 g/mol. The van der Waals surface area contributed by atoms with Gasteiger partial charge >= 0.3 is 0 Å². The Morgan fingerprint density at radius 2 is 1.04 bits per heavy atom. The van der Waals surface area contributed by atoms with Crippen molar-refractivity contribution in [2.75, 3.05) is 23.0 Å². The fourth-order valence-corrected chi connectivity index (χ4v) is 12.6. The van der Waals surface area contributed by atoms with Crippen LogP contribution in [0.4, 0.5) is 25.8 Å². The SMILES string of the molecule is CC12CCC(CCOc3cccc(F)c3)(O1)[C@H]1C(=O)N(c3ccc(C#N)c4ccccc34)C(=O)[C@H]12.[C-]#[N+]c1ccc(N2C(=O)[C@@H]3[C@H](C2=O)C2(C)CCC3(CCOc3cccc(F)c3)O2)c2ccccc12. The van der Waals surface area contributed by atoms with Crippen LogP contribution >= 0.6 is 0 Å². The maximum atomic E-state index is 13.9. The van der Waals surface area contributed by atoms with Gasteiger partial charge in [0, 0.05) is 35.7 Å². The van der Waals surface area contributed by atoms with E-state index in [1.54, 1.807) is 48.5 Å². The minimum absolute atomic E-state index is 0.240. The molecule has 4 bridgehead atoms. The molecule has 14 heteroatoms. The first-order valence-corrected chi connectivity index (χ1v) is 23.5. The fraction of sp³-hybridized carbons (Fsp3) is 0.321. The lowest BCUT2D eigenvalue weighted by atomic mass is 9.67. The third kappa shape index (κ3) is 6.87. The van der Waals surface area contributed by atoms with Gasteiger partial charge in [-0.25, -0.2) is 23.4 Å². The molecule has 352 valence electrons. The molecule has 4 unspecified atom stereocenters. The molecule has 6 aliphatic rings. The first kappa shape index (κ1) is 45.0. The minimum Gasteiger partial charge on any atom is -0.493 e. The quantitative estimate of drug-likeness (QED) is 0.0970. The molecular weight excluding hydrogens is 895 g/mol. The highest BCUT2D eigenvalue weighted by Crippen LogP contribution is 2.64. The van der Waals surface area contributed by atoms with Crippen LogP contribution in [0.2, 0.25) is 0 Å². The number of carbonyl (C=O) groups is 4. The second kappa shape index (κ2) is 16.6. The highest BCUT2D eigenvalue weighted by Gasteiger charge is 2.75. The van der Waals surface area contributed by atoms with Crippen molar-refractivity contribution < 1.29 is 46.9 Å². The molecule has 6 aliphatic heterocycles. The number of hydrogen-bond acceptors (Lipinski definition) is 9. The molecule has 6 saturated heterocycles. The molecule has 0 aliphatic carbocycles. The Labute approximate surface area is 402 Å². The van der Waals surface area contributed by atoms with Crippen LogP contribution in [0, 0.1) is 53.2 Å². The third-order valence-electron chi connectivity index (χ3n) is 15.7. The first-order chi connectivity index (χ1) is 33.7. The molecule has 6 heterocycles. The van der Waals surface area contributed by atoms with Gasteiger partial charge in [-0.05, 0) is 92.8 Å². The van der Waals surface area contributed by atoms with Gasteiger partial charge in [-0.15, -0.1) is 0 Å². The van der Waals surface area contributed by atoms with Crippen molar-refractivity contribution in [2.24, 2.45) is 23.7 Å². The second-order valence-corrected chi connectivity index (χ2v) is 19.6. The largest absolute Gasteiger partial charge is 0.493 e. The molecule has 0 saturated carbocycles. The smallest absolute Gasteiger partial charge is 0.240 e. The number of fused-ring (bicyclic) bond motifs is 12. The Balaban J connectivity index is 0.000000152. The number of rotatable bonds is 10. The summed E-state index contributed by atoms with van der Waals surface area (Å²) in [6.45, 7) is 11.8. The number of nitriles is 1.